The minimum Gasteiger partial charge on any atom is -0.309 e. The smallest absolute Gasteiger partial charge is 0.0309 e. The summed E-state index contributed by atoms with van der Waals surface area (Å²) < 4.78 is 0. The lowest BCUT2D eigenvalue weighted by Crippen LogP contribution is -2.59. The Morgan fingerprint density at radius 1 is 1.18 bits per heavy atom. The molecule has 3 heteroatoms. The monoisotopic (exact) mass is 254 g/mol. The number of nitrogens with zero attached hydrogens (tertiary/aromatic N) is 1. The molecule has 3 fully saturated rings. The highest BCUT2D eigenvalue weighted by Gasteiger charge is 2.37. The Morgan fingerprint density at radius 3 is 2.71 bits per heavy atom. The Balaban J connectivity index is 1.52. The average molecular weight is 254 g/mol. The highest BCUT2D eigenvalue weighted by atomic mass is 32.2. The summed E-state index contributed by atoms with van der Waals surface area (Å²) in [5.74, 6) is 3.80. The molecule has 3 rings (SSSR count). The van der Waals surface area contributed by atoms with E-state index in [1.807, 2.05) is 0 Å². The van der Waals surface area contributed by atoms with Crippen LogP contribution in [0.3, 0.4) is 0 Å². The molecule has 2 nitrogen and oxygen atoms in total. The zero-order valence-electron chi connectivity index (χ0n) is 10.9. The number of nitrogens with one attached hydrogen (secondary N) is 1. The molecular weight excluding hydrogens is 228 g/mol. The standard InChI is InChI=1S/C14H26N2S/c1-2-6-14(5-1)12-16(8-7-15-14)11-13-3-9-17-10-4-13/h13,15H,1-12H2. The second-order valence-electron chi connectivity index (χ2n) is 6.21. The summed E-state index contributed by atoms with van der Waals surface area (Å²) in [6.07, 6.45) is 8.65. The van der Waals surface area contributed by atoms with Crippen LogP contribution < -0.4 is 5.32 Å². The van der Waals surface area contributed by atoms with Crippen LogP contribution in [0, 0.1) is 5.92 Å². The number of piperazine rings is 1. The van der Waals surface area contributed by atoms with E-state index in [0.29, 0.717) is 5.54 Å². The summed E-state index contributed by atoms with van der Waals surface area (Å²) in [5, 5.41) is 3.82. The molecule has 2 heterocycles. The third-order valence-corrected chi connectivity index (χ3v) is 5.92. The fourth-order valence-electron chi connectivity index (χ4n) is 3.88. The molecule has 3 aliphatic rings. The highest BCUT2D eigenvalue weighted by molar-refractivity contribution is 7.99. The molecular formula is C14H26N2S. The Hall–Kier alpha value is 0.270. The van der Waals surface area contributed by atoms with Crippen molar-refractivity contribution in [2.24, 2.45) is 5.92 Å². The van der Waals surface area contributed by atoms with E-state index < -0.39 is 0 Å². The van der Waals surface area contributed by atoms with Crippen molar-refractivity contribution in [3.8, 4) is 0 Å². The molecule has 2 saturated heterocycles. The molecule has 0 bridgehead atoms. The maximum Gasteiger partial charge on any atom is 0.0309 e. The molecule has 0 aromatic carbocycles. The lowest BCUT2D eigenvalue weighted by atomic mass is 9.93. The fraction of sp³-hybridized carbons (Fsp3) is 1.00. The van der Waals surface area contributed by atoms with Crippen molar-refractivity contribution in [1.29, 1.82) is 0 Å². The minimum atomic E-state index is 0.516. The molecule has 0 unspecified atom stereocenters. The Morgan fingerprint density at radius 2 is 1.94 bits per heavy atom. The predicted molar refractivity (Wildman–Crippen MR) is 75.7 cm³/mol. The topological polar surface area (TPSA) is 15.3 Å². The van der Waals surface area contributed by atoms with Gasteiger partial charge in [-0.1, -0.05) is 12.8 Å². The molecule has 0 aromatic heterocycles. The molecule has 1 aliphatic carbocycles. The Labute approximate surface area is 110 Å². The molecule has 0 aromatic rings. The van der Waals surface area contributed by atoms with Gasteiger partial charge in [-0.2, -0.15) is 11.8 Å². The summed E-state index contributed by atoms with van der Waals surface area (Å²) in [6.45, 7) is 5.22. The summed E-state index contributed by atoms with van der Waals surface area (Å²) in [4.78, 5) is 2.77. The number of thioether (sulfide) groups is 1. The van der Waals surface area contributed by atoms with Gasteiger partial charge in [0.15, 0.2) is 0 Å². The van der Waals surface area contributed by atoms with Crippen LogP contribution in [0.4, 0.5) is 0 Å². The van der Waals surface area contributed by atoms with Gasteiger partial charge < -0.3 is 5.32 Å². The van der Waals surface area contributed by atoms with E-state index in [4.69, 9.17) is 0 Å². The lowest BCUT2D eigenvalue weighted by molar-refractivity contribution is 0.116. The normalized spacial score (nSPS) is 31.1. The van der Waals surface area contributed by atoms with E-state index in [9.17, 15) is 0 Å². The first-order valence-electron chi connectivity index (χ1n) is 7.41. The Kier molecular flexibility index (Phi) is 3.98. The van der Waals surface area contributed by atoms with Crippen LogP contribution >= 0.6 is 11.8 Å². The molecule has 98 valence electrons. The Bertz CT molecular complexity index is 245. The molecule has 1 N–H and O–H groups in total. The second kappa shape index (κ2) is 5.50. The van der Waals surface area contributed by atoms with Crippen LogP contribution in [0.5, 0.6) is 0 Å². The number of rotatable bonds is 2. The molecule has 2 aliphatic heterocycles. The van der Waals surface area contributed by atoms with E-state index in [1.165, 1.54) is 76.2 Å². The van der Waals surface area contributed by atoms with Crippen LogP contribution in [0.25, 0.3) is 0 Å². The summed E-state index contributed by atoms with van der Waals surface area (Å²) in [6, 6.07) is 0. The zero-order valence-corrected chi connectivity index (χ0v) is 11.7. The van der Waals surface area contributed by atoms with Crippen LogP contribution in [0.1, 0.15) is 38.5 Å². The van der Waals surface area contributed by atoms with Gasteiger partial charge in [0.2, 0.25) is 0 Å². The van der Waals surface area contributed by atoms with Gasteiger partial charge in [0.25, 0.3) is 0 Å². The lowest BCUT2D eigenvalue weighted by Gasteiger charge is -2.43. The fourth-order valence-corrected chi connectivity index (χ4v) is 5.08. The summed E-state index contributed by atoms with van der Waals surface area (Å²) in [5.41, 5.74) is 0.516. The van der Waals surface area contributed by atoms with Crippen LogP contribution in [-0.4, -0.2) is 48.1 Å². The SMILES string of the molecule is C1CCC2(C1)CN(CC1CCSCC1)CCN2. The summed E-state index contributed by atoms with van der Waals surface area (Å²) >= 11 is 2.15. The quantitative estimate of drug-likeness (QED) is 0.814. The summed E-state index contributed by atoms with van der Waals surface area (Å²) in [7, 11) is 0. The zero-order chi connectivity index (χ0) is 11.6. The van der Waals surface area contributed by atoms with Crippen molar-refractivity contribution in [2.45, 2.75) is 44.1 Å². The largest absolute Gasteiger partial charge is 0.309 e. The molecule has 0 amide bonds. The average Bonchev–Trinajstić information content (AvgIpc) is 2.79. The van der Waals surface area contributed by atoms with Gasteiger partial charge in [0.05, 0.1) is 0 Å². The highest BCUT2D eigenvalue weighted by Crippen LogP contribution is 2.33. The van der Waals surface area contributed by atoms with Gasteiger partial charge in [-0.05, 0) is 43.1 Å². The van der Waals surface area contributed by atoms with Gasteiger partial charge in [-0.15, -0.1) is 0 Å². The first kappa shape index (κ1) is 12.3. The number of hydrogen-bond donors (Lipinski definition) is 1. The van der Waals surface area contributed by atoms with Gasteiger partial charge in [0, 0.05) is 31.7 Å². The molecule has 0 atom stereocenters. The molecule has 0 radical (unpaired) electrons. The first-order chi connectivity index (χ1) is 8.36. The van der Waals surface area contributed by atoms with Crippen LogP contribution in [0.15, 0.2) is 0 Å². The molecule has 1 saturated carbocycles. The van der Waals surface area contributed by atoms with E-state index in [1.54, 1.807) is 0 Å². The second-order valence-corrected chi connectivity index (χ2v) is 7.43. The van der Waals surface area contributed by atoms with E-state index in [2.05, 4.69) is 22.0 Å². The third-order valence-electron chi connectivity index (χ3n) is 4.87. The maximum atomic E-state index is 3.82. The van der Waals surface area contributed by atoms with Crippen molar-refractivity contribution >= 4 is 11.8 Å². The molecule has 1 spiro atoms. The van der Waals surface area contributed by atoms with Gasteiger partial charge in [-0.3, -0.25) is 4.90 Å². The van der Waals surface area contributed by atoms with Gasteiger partial charge in [-0.25, -0.2) is 0 Å². The van der Waals surface area contributed by atoms with Gasteiger partial charge in [0.1, 0.15) is 0 Å². The maximum absolute atomic E-state index is 3.82. The van der Waals surface area contributed by atoms with Crippen molar-refractivity contribution < 1.29 is 0 Å². The van der Waals surface area contributed by atoms with Gasteiger partial charge >= 0.3 is 0 Å². The van der Waals surface area contributed by atoms with Crippen LogP contribution in [0.2, 0.25) is 0 Å². The van der Waals surface area contributed by atoms with E-state index in [0.717, 1.165) is 5.92 Å². The van der Waals surface area contributed by atoms with Crippen LogP contribution in [-0.2, 0) is 0 Å². The predicted octanol–water partition coefficient (Wildman–Crippen LogP) is 2.35. The van der Waals surface area contributed by atoms with E-state index in [-0.39, 0.29) is 0 Å². The molecule has 17 heavy (non-hydrogen) atoms. The van der Waals surface area contributed by atoms with Crippen molar-refractivity contribution in [1.82, 2.24) is 10.2 Å². The van der Waals surface area contributed by atoms with Crippen molar-refractivity contribution in [3.05, 3.63) is 0 Å². The third kappa shape index (κ3) is 2.99. The minimum absolute atomic E-state index is 0.516. The first-order valence-corrected chi connectivity index (χ1v) is 8.57. The number of hydrogen-bond acceptors (Lipinski definition) is 3. The van der Waals surface area contributed by atoms with Crippen molar-refractivity contribution in [2.75, 3.05) is 37.7 Å². The van der Waals surface area contributed by atoms with E-state index >= 15 is 0 Å². The van der Waals surface area contributed by atoms with Crippen molar-refractivity contribution in [3.63, 3.8) is 0 Å².